The molecule has 5 heteroatoms. The maximum absolute atomic E-state index is 3.71. The van der Waals surface area contributed by atoms with E-state index in [9.17, 15) is 0 Å². The van der Waals surface area contributed by atoms with Crippen molar-refractivity contribution in [3.05, 3.63) is 62.2 Å². The number of halogens is 2. The van der Waals surface area contributed by atoms with Crippen LogP contribution in [0.3, 0.4) is 0 Å². The van der Waals surface area contributed by atoms with Crippen molar-refractivity contribution in [2.45, 2.75) is 0 Å². The molecular formula is C14H9AsBr2S2. The number of benzene rings is 1. The molecule has 3 aromatic rings. The monoisotopic (exact) mass is 474 g/mol. The van der Waals surface area contributed by atoms with Gasteiger partial charge in [-0.3, -0.25) is 0 Å². The molecular weight excluding hydrogens is 467 g/mol. The molecule has 0 fully saturated rings. The molecule has 0 spiro atoms. The molecule has 0 saturated heterocycles. The Morgan fingerprint density at radius 1 is 0.737 bits per heavy atom. The molecule has 19 heavy (non-hydrogen) atoms. The molecule has 0 aliphatic carbocycles. The van der Waals surface area contributed by atoms with E-state index in [1.54, 1.807) is 0 Å². The molecule has 0 N–H and O–H groups in total. The van der Waals surface area contributed by atoms with E-state index in [-0.39, 0.29) is 0 Å². The normalized spacial score (nSPS) is 11.1. The molecule has 1 aromatic carbocycles. The second kappa shape index (κ2) is 6.27. The van der Waals surface area contributed by atoms with Crippen LogP contribution in [0.2, 0.25) is 0 Å². The third-order valence-electron chi connectivity index (χ3n) is 2.62. The van der Waals surface area contributed by atoms with Gasteiger partial charge < -0.3 is 0 Å². The van der Waals surface area contributed by atoms with Gasteiger partial charge in [0.1, 0.15) is 0 Å². The molecule has 0 saturated carbocycles. The van der Waals surface area contributed by atoms with E-state index in [1.165, 1.54) is 20.6 Å². The van der Waals surface area contributed by atoms with E-state index in [1.807, 2.05) is 22.7 Å². The summed E-state index contributed by atoms with van der Waals surface area (Å²) >= 11 is 9.72. The fourth-order valence-electron chi connectivity index (χ4n) is 1.79. The minimum absolute atomic E-state index is 1.25. The summed E-state index contributed by atoms with van der Waals surface area (Å²) in [5.74, 6) is 0. The van der Waals surface area contributed by atoms with Crippen molar-refractivity contribution >= 4 is 80.9 Å². The third kappa shape index (κ3) is 2.93. The van der Waals surface area contributed by atoms with Gasteiger partial charge in [-0.1, -0.05) is 0 Å². The second-order valence-corrected chi connectivity index (χ2v) is 13.0. The molecule has 2 heterocycles. The molecule has 0 nitrogen and oxygen atoms in total. The van der Waals surface area contributed by atoms with Gasteiger partial charge in [-0.05, 0) is 0 Å². The molecule has 0 amide bonds. The molecule has 96 valence electrons. The Bertz CT molecular complexity index is 635. The third-order valence-corrected chi connectivity index (χ3v) is 14.9. The molecule has 3 rings (SSSR count). The van der Waals surface area contributed by atoms with E-state index in [0.29, 0.717) is 0 Å². The Hall–Kier alpha value is 0.138. The average molecular weight is 476 g/mol. The van der Waals surface area contributed by atoms with Crippen molar-refractivity contribution in [1.82, 2.24) is 0 Å². The van der Waals surface area contributed by atoms with Crippen LogP contribution in [0, 0.1) is 0 Å². The van der Waals surface area contributed by atoms with Crippen LogP contribution in [-0.2, 0) is 0 Å². The minimum atomic E-state index is -1.43. The summed E-state index contributed by atoms with van der Waals surface area (Å²) in [5, 5.41) is 4.34. The topological polar surface area (TPSA) is 0 Å². The van der Waals surface area contributed by atoms with E-state index < -0.39 is 14.7 Å². The molecule has 0 radical (unpaired) electrons. The number of thiophene rings is 2. The second-order valence-electron chi connectivity index (χ2n) is 3.82. The summed E-state index contributed by atoms with van der Waals surface area (Å²) in [4.78, 5) is 0. The Labute approximate surface area is 142 Å². The average Bonchev–Trinajstić information content (AvgIpc) is 3.02. The zero-order chi connectivity index (χ0) is 13.2. The zero-order valence-corrected chi connectivity index (χ0v) is 16.4. The van der Waals surface area contributed by atoms with Gasteiger partial charge in [0.15, 0.2) is 0 Å². The number of rotatable bonds is 3. The zero-order valence-electron chi connectivity index (χ0n) is 9.72. The van der Waals surface area contributed by atoms with Crippen molar-refractivity contribution in [2.75, 3.05) is 0 Å². The van der Waals surface area contributed by atoms with Crippen LogP contribution >= 0.6 is 54.5 Å². The van der Waals surface area contributed by atoms with Gasteiger partial charge in [-0.2, -0.15) is 0 Å². The van der Waals surface area contributed by atoms with Crippen LogP contribution in [-0.4, -0.2) is 14.7 Å². The first kappa shape index (κ1) is 14.1. The van der Waals surface area contributed by atoms with Crippen LogP contribution in [0.5, 0.6) is 0 Å². The van der Waals surface area contributed by atoms with Crippen molar-refractivity contribution < 1.29 is 0 Å². The molecule has 0 aliphatic rings. The van der Waals surface area contributed by atoms with Crippen molar-refractivity contribution in [3.8, 4) is 0 Å². The van der Waals surface area contributed by atoms with Crippen molar-refractivity contribution in [2.24, 2.45) is 0 Å². The standard InChI is InChI=1S/C14H9AsBr2S2/c16-11-6-8-18-13(11)15(10-4-2-1-3-5-10)14-12(17)7-9-19-14/h1-9H. The van der Waals surface area contributed by atoms with Crippen LogP contribution in [0.25, 0.3) is 0 Å². The maximum atomic E-state index is 3.71. The molecule has 2 aromatic heterocycles. The van der Waals surface area contributed by atoms with Gasteiger partial charge in [0.25, 0.3) is 0 Å². The molecule has 0 atom stereocenters. The fraction of sp³-hybridized carbons (Fsp3) is 0. The predicted octanol–water partition coefficient (Wildman–Crippen LogP) is 3.85. The summed E-state index contributed by atoms with van der Waals surface area (Å²) in [7, 11) is 0. The van der Waals surface area contributed by atoms with E-state index in [4.69, 9.17) is 0 Å². The summed E-state index contributed by atoms with van der Waals surface area (Å²) in [6.07, 6.45) is 0. The van der Waals surface area contributed by atoms with Crippen LogP contribution in [0.1, 0.15) is 0 Å². The Kier molecular flexibility index (Phi) is 4.65. The van der Waals surface area contributed by atoms with Gasteiger partial charge >= 0.3 is 143 Å². The first-order valence-electron chi connectivity index (χ1n) is 5.58. The number of hydrogen-bond acceptors (Lipinski definition) is 2. The van der Waals surface area contributed by atoms with Gasteiger partial charge in [-0.25, -0.2) is 0 Å². The first-order valence-corrected chi connectivity index (χ1v) is 11.7. The van der Waals surface area contributed by atoms with E-state index in [2.05, 4.69) is 85.1 Å². The fourth-order valence-corrected chi connectivity index (χ4v) is 14.1. The van der Waals surface area contributed by atoms with Crippen LogP contribution < -0.4 is 11.7 Å². The first-order chi connectivity index (χ1) is 9.27. The van der Waals surface area contributed by atoms with Gasteiger partial charge in [0, 0.05) is 0 Å². The van der Waals surface area contributed by atoms with Crippen LogP contribution in [0.15, 0.2) is 62.2 Å². The number of hydrogen-bond donors (Lipinski definition) is 0. The van der Waals surface area contributed by atoms with Crippen molar-refractivity contribution in [3.63, 3.8) is 0 Å². The molecule has 0 bridgehead atoms. The SMILES string of the molecule is Brc1ccsc1[As](c1ccccc1)c1sccc1Br. The van der Waals surface area contributed by atoms with E-state index in [0.717, 1.165) is 0 Å². The predicted molar refractivity (Wildman–Crippen MR) is 95.1 cm³/mol. The molecule has 0 unspecified atom stereocenters. The quantitative estimate of drug-likeness (QED) is 0.505. The van der Waals surface area contributed by atoms with Crippen LogP contribution in [0.4, 0.5) is 0 Å². The van der Waals surface area contributed by atoms with Gasteiger partial charge in [-0.15, -0.1) is 0 Å². The summed E-state index contributed by atoms with van der Waals surface area (Å²) < 4.78 is 6.98. The Morgan fingerprint density at radius 3 is 1.68 bits per heavy atom. The van der Waals surface area contributed by atoms with Crippen molar-refractivity contribution in [1.29, 1.82) is 0 Å². The van der Waals surface area contributed by atoms with E-state index >= 15 is 0 Å². The summed E-state index contributed by atoms with van der Waals surface area (Å²) in [5.41, 5.74) is 0. The Balaban J connectivity index is 2.18. The van der Waals surface area contributed by atoms with Gasteiger partial charge in [0.2, 0.25) is 0 Å². The molecule has 0 aliphatic heterocycles. The van der Waals surface area contributed by atoms with Gasteiger partial charge in [0.05, 0.1) is 0 Å². The Morgan fingerprint density at radius 2 is 1.26 bits per heavy atom. The summed E-state index contributed by atoms with van der Waals surface area (Å²) in [6, 6.07) is 15.2. The summed E-state index contributed by atoms with van der Waals surface area (Å²) in [6.45, 7) is 0.